The lowest BCUT2D eigenvalue weighted by atomic mass is 10.0. The van der Waals surface area contributed by atoms with Crippen LogP contribution in [0.2, 0.25) is 0 Å². The molecule has 0 aliphatic rings. The van der Waals surface area contributed by atoms with E-state index < -0.39 is 15.4 Å². The van der Waals surface area contributed by atoms with Gasteiger partial charge in [0, 0.05) is 0 Å². The van der Waals surface area contributed by atoms with E-state index in [4.69, 9.17) is 0 Å². The van der Waals surface area contributed by atoms with Crippen molar-refractivity contribution in [1.29, 1.82) is 0 Å². The quantitative estimate of drug-likeness (QED) is 0.230. The van der Waals surface area contributed by atoms with Crippen LogP contribution >= 0.6 is 0 Å². The molecule has 0 aliphatic carbocycles. The minimum Gasteiger partial charge on any atom is -0.393 e. The summed E-state index contributed by atoms with van der Waals surface area (Å²) in [7, 11) is -3.90. The van der Waals surface area contributed by atoms with Gasteiger partial charge in [0.05, 0.1) is 11.4 Å². The normalized spacial score (nSPS) is 14.6. The van der Waals surface area contributed by atoms with Crippen LogP contribution in [0, 0.1) is 0 Å². The Balaban J connectivity index is 3.71. The standard InChI is InChI=1S/C20H42O4S/c1-3-5-6-9-13-17-20(25(22,23)24)18-14-11-8-7-10-12-16-19(21)15-4-2/h19-21H,3-18H2,1-2H3,(H,22,23,24). The summed E-state index contributed by atoms with van der Waals surface area (Å²) in [6.07, 6.45) is 15.7. The summed E-state index contributed by atoms with van der Waals surface area (Å²) < 4.78 is 32.4. The van der Waals surface area contributed by atoms with E-state index in [9.17, 15) is 18.1 Å². The second kappa shape index (κ2) is 16.1. The van der Waals surface area contributed by atoms with Crippen molar-refractivity contribution in [3.8, 4) is 0 Å². The highest BCUT2D eigenvalue weighted by molar-refractivity contribution is 7.86. The third kappa shape index (κ3) is 15.8. The Kier molecular flexibility index (Phi) is 16.0. The lowest BCUT2D eigenvalue weighted by Gasteiger charge is -2.13. The van der Waals surface area contributed by atoms with Crippen LogP contribution in [-0.4, -0.2) is 29.4 Å². The van der Waals surface area contributed by atoms with Crippen LogP contribution in [0.25, 0.3) is 0 Å². The molecule has 0 aromatic heterocycles. The van der Waals surface area contributed by atoms with Gasteiger partial charge in [-0.05, 0) is 25.7 Å². The molecule has 2 atom stereocenters. The highest BCUT2D eigenvalue weighted by Crippen LogP contribution is 2.19. The number of unbranched alkanes of at least 4 members (excludes halogenated alkanes) is 9. The summed E-state index contributed by atoms with van der Waals surface area (Å²) in [6, 6.07) is 0. The van der Waals surface area contributed by atoms with Gasteiger partial charge in [-0.2, -0.15) is 8.42 Å². The van der Waals surface area contributed by atoms with Gasteiger partial charge < -0.3 is 5.11 Å². The van der Waals surface area contributed by atoms with E-state index in [1.807, 2.05) is 0 Å². The maximum absolute atomic E-state index is 11.5. The summed E-state index contributed by atoms with van der Waals surface area (Å²) in [4.78, 5) is 0. The van der Waals surface area contributed by atoms with Gasteiger partial charge in [0.2, 0.25) is 0 Å². The molecule has 0 aromatic carbocycles. The average Bonchev–Trinajstić information content (AvgIpc) is 2.54. The molecule has 0 fully saturated rings. The predicted octanol–water partition coefficient (Wildman–Crippen LogP) is 5.89. The number of aliphatic hydroxyl groups excluding tert-OH is 1. The Morgan fingerprint density at radius 1 is 0.640 bits per heavy atom. The van der Waals surface area contributed by atoms with Crippen LogP contribution in [0.15, 0.2) is 0 Å². The highest BCUT2D eigenvalue weighted by atomic mass is 32.2. The molecule has 152 valence electrons. The second-order valence-corrected chi connectivity index (χ2v) is 9.18. The van der Waals surface area contributed by atoms with E-state index in [0.29, 0.717) is 12.8 Å². The first-order valence-corrected chi connectivity index (χ1v) is 12.1. The van der Waals surface area contributed by atoms with Gasteiger partial charge in [-0.25, -0.2) is 0 Å². The van der Waals surface area contributed by atoms with Gasteiger partial charge >= 0.3 is 0 Å². The number of hydrogen-bond donors (Lipinski definition) is 2. The van der Waals surface area contributed by atoms with Crippen molar-refractivity contribution in [2.24, 2.45) is 0 Å². The Morgan fingerprint density at radius 2 is 1.08 bits per heavy atom. The fraction of sp³-hybridized carbons (Fsp3) is 1.00. The predicted molar refractivity (Wildman–Crippen MR) is 107 cm³/mol. The van der Waals surface area contributed by atoms with E-state index in [2.05, 4.69) is 13.8 Å². The lowest BCUT2D eigenvalue weighted by Crippen LogP contribution is -2.20. The minimum absolute atomic E-state index is 0.141. The van der Waals surface area contributed by atoms with Crippen molar-refractivity contribution >= 4 is 10.1 Å². The van der Waals surface area contributed by atoms with Crippen LogP contribution in [0.1, 0.15) is 117 Å². The first kappa shape index (κ1) is 24.9. The SMILES string of the molecule is CCCCCCCC(CCCCCCCCC(O)CCC)S(=O)(=O)O. The largest absolute Gasteiger partial charge is 0.393 e. The highest BCUT2D eigenvalue weighted by Gasteiger charge is 2.21. The second-order valence-electron chi connectivity index (χ2n) is 7.48. The molecule has 0 amide bonds. The Hall–Kier alpha value is -0.130. The van der Waals surface area contributed by atoms with Gasteiger partial charge in [-0.3, -0.25) is 4.55 Å². The van der Waals surface area contributed by atoms with Crippen molar-refractivity contribution in [1.82, 2.24) is 0 Å². The Labute approximate surface area is 156 Å². The zero-order valence-electron chi connectivity index (χ0n) is 16.6. The van der Waals surface area contributed by atoms with Gasteiger partial charge in [0.1, 0.15) is 0 Å². The van der Waals surface area contributed by atoms with Crippen LogP contribution < -0.4 is 0 Å². The fourth-order valence-electron chi connectivity index (χ4n) is 3.35. The lowest BCUT2D eigenvalue weighted by molar-refractivity contribution is 0.150. The summed E-state index contributed by atoms with van der Waals surface area (Å²) >= 11 is 0. The van der Waals surface area contributed by atoms with Crippen molar-refractivity contribution in [3.63, 3.8) is 0 Å². The van der Waals surface area contributed by atoms with Crippen molar-refractivity contribution in [3.05, 3.63) is 0 Å². The van der Waals surface area contributed by atoms with Crippen LogP contribution in [0.5, 0.6) is 0 Å². The molecule has 2 N–H and O–H groups in total. The van der Waals surface area contributed by atoms with Crippen LogP contribution in [0.3, 0.4) is 0 Å². The number of rotatable bonds is 18. The first-order valence-electron chi connectivity index (χ1n) is 10.6. The third-order valence-corrected chi connectivity index (χ3v) is 6.30. The smallest absolute Gasteiger partial charge is 0.267 e. The molecule has 2 unspecified atom stereocenters. The summed E-state index contributed by atoms with van der Waals surface area (Å²) in [5, 5.41) is 9.09. The number of aliphatic hydroxyl groups is 1. The van der Waals surface area contributed by atoms with Crippen molar-refractivity contribution in [2.45, 2.75) is 128 Å². The topological polar surface area (TPSA) is 74.6 Å². The number of hydrogen-bond acceptors (Lipinski definition) is 3. The molecular weight excluding hydrogens is 336 g/mol. The molecule has 0 bridgehead atoms. The fourth-order valence-corrected chi connectivity index (χ4v) is 4.28. The Morgan fingerprint density at radius 3 is 1.52 bits per heavy atom. The summed E-state index contributed by atoms with van der Waals surface area (Å²) in [5.41, 5.74) is 0. The Bertz CT molecular complexity index is 381. The molecule has 4 nitrogen and oxygen atoms in total. The van der Waals surface area contributed by atoms with Crippen molar-refractivity contribution < 1.29 is 18.1 Å². The molecule has 25 heavy (non-hydrogen) atoms. The zero-order valence-corrected chi connectivity index (χ0v) is 17.4. The first-order chi connectivity index (χ1) is 11.9. The molecule has 5 heteroatoms. The maximum Gasteiger partial charge on any atom is 0.267 e. The van der Waals surface area contributed by atoms with Crippen LogP contribution in [-0.2, 0) is 10.1 Å². The third-order valence-electron chi connectivity index (χ3n) is 4.99. The van der Waals surface area contributed by atoms with Gasteiger partial charge in [-0.1, -0.05) is 90.9 Å². The van der Waals surface area contributed by atoms with E-state index in [1.54, 1.807) is 0 Å². The average molecular weight is 379 g/mol. The molecule has 0 aromatic rings. The summed E-state index contributed by atoms with van der Waals surface area (Å²) in [5.74, 6) is 0. The molecular formula is C20H42O4S. The van der Waals surface area contributed by atoms with Gasteiger partial charge in [-0.15, -0.1) is 0 Å². The molecule has 0 heterocycles. The molecule has 0 aliphatic heterocycles. The van der Waals surface area contributed by atoms with E-state index in [-0.39, 0.29) is 6.10 Å². The molecule has 0 saturated heterocycles. The van der Waals surface area contributed by atoms with Gasteiger partial charge in [0.15, 0.2) is 0 Å². The molecule has 0 saturated carbocycles. The van der Waals surface area contributed by atoms with E-state index in [0.717, 1.165) is 77.0 Å². The van der Waals surface area contributed by atoms with Crippen LogP contribution in [0.4, 0.5) is 0 Å². The van der Waals surface area contributed by atoms with E-state index in [1.165, 1.54) is 12.8 Å². The minimum atomic E-state index is -3.90. The van der Waals surface area contributed by atoms with E-state index >= 15 is 0 Å². The molecule has 0 rings (SSSR count). The maximum atomic E-state index is 11.5. The van der Waals surface area contributed by atoms with Crippen molar-refractivity contribution in [2.75, 3.05) is 0 Å². The zero-order chi connectivity index (χ0) is 19.0. The molecule has 0 radical (unpaired) electrons. The molecule has 0 spiro atoms. The monoisotopic (exact) mass is 378 g/mol. The summed E-state index contributed by atoms with van der Waals surface area (Å²) in [6.45, 7) is 4.25. The van der Waals surface area contributed by atoms with Gasteiger partial charge in [0.25, 0.3) is 10.1 Å².